The lowest BCUT2D eigenvalue weighted by Crippen LogP contribution is -2.11. The number of allylic oxidation sites excluding steroid dienone is 1. The molecule has 0 fully saturated rings. The fraction of sp³-hybridized carbons (Fsp3) is 0.241. The van der Waals surface area contributed by atoms with Crippen LogP contribution >= 0.6 is 0 Å². The van der Waals surface area contributed by atoms with E-state index in [-0.39, 0.29) is 5.91 Å². The molecule has 0 radical (unpaired) electrons. The molecule has 4 rings (SSSR count). The number of benzene rings is 2. The topological polar surface area (TPSA) is 82.8 Å². The third kappa shape index (κ3) is 4.77. The van der Waals surface area contributed by atoms with E-state index in [1.807, 2.05) is 64.1 Å². The quantitative estimate of drug-likeness (QED) is 0.284. The fourth-order valence-corrected chi connectivity index (χ4v) is 4.21. The van der Waals surface area contributed by atoms with E-state index in [1.54, 1.807) is 32.8 Å². The van der Waals surface area contributed by atoms with E-state index < -0.39 is 0 Å². The zero-order valence-corrected chi connectivity index (χ0v) is 21.4. The first-order valence-electron chi connectivity index (χ1n) is 11.7. The number of hydrogen-bond donors (Lipinski definition) is 1. The van der Waals surface area contributed by atoms with Gasteiger partial charge in [-0.05, 0) is 68.7 Å². The van der Waals surface area contributed by atoms with Crippen molar-refractivity contribution >= 4 is 28.3 Å². The highest BCUT2D eigenvalue weighted by atomic mass is 16.5. The van der Waals surface area contributed by atoms with Gasteiger partial charge in [-0.25, -0.2) is 4.98 Å². The van der Waals surface area contributed by atoms with Crippen LogP contribution in [0.3, 0.4) is 0 Å². The number of hydrogen-bond acceptors (Lipinski definition) is 6. The number of nitrogens with one attached hydrogen (secondary N) is 1. The number of methoxy groups -OCH3 is 2. The van der Waals surface area contributed by atoms with Crippen molar-refractivity contribution in [2.45, 2.75) is 27.7 Å². The van der Waals surface area contributed by atoms with E-state index in [9.17, 15) is 4.79 Å². The Balaban J connectivity index is 1.80. The van der Waals surface area contributed by atoms with Gasteiger partial charge in [0.2, 0.25) is 5.91 Å². The van der Waals surface area contributed by atoms with Crippen LogP contribution in [-0.4, -0.2) is 31.7 Å². The lowest BCUT2D eigenvalue weighted by molar-refractivity contribution is -0.111. The second kappa shape index (κ2) is 10.6. The summed E-state index contributed by atoms with van der Waals surface area (Å²) in [5.74, 6) is 2.24. The number of carbonyl (C=O) groups excluding carboxylic acids is 1. The van der Waals surface area contributed by atoms with Crippen LogP contribution in [0, 0.1) is 13.8 Å². The maximum Gasteiger partial charge on any atom is 0.249 e. The number of anilines is 1. The summed E-state index contributed by atoms with van der Waals surface area (Å²) in [5, 5.41) is 3.77. The third-order valence-electron chi connectivity index (χ3n) is 6.05. The zero-order chi connectivity index (χ0) is 25.8. The molecule has 0 atom stereocenters. The third-order valence-corrected chi connectivity index (χ3v) is 6.05. The van der Waals surface area contributed by atoms with E-state index in [2.05, 4.69) is 10.3 Å². The van der Waals surface area contributed by atoms with E-state index in [0.29, 0.717) is 29.7 Å². The Bertz CT molecular complexity index is 1450. The van der Waals surface area contributed by atoms with Gasteiger partial charge in [0.1, 0.15) is 17.2 Å². The Labute approximate surface area is 210 Å². The van der Waals surface area contributed by atoms with Crippen molar-refractivity contribution in [2.24, 2.45) is 0 Å². The largest absolute Gasteiger partial charge is 0.493 e. The highest BCUT2D eigenvalue weighted by molar-refractivity contribution is 6.05. The van der Waals surface area contributed by atoms with Crippen molar-refractivity contribution in [3.63, 3.8) is 0 Å². The standard InChI is InChI=1S/C29H30N2O5/c1-7-35-27-19(4)28-22(23(16-36-28)20-10-11-24(33-5)25(14-20)34-6)15-21(27)18(3)13-26(32)31-29-17(2)9-8-12-30-29/h8-16H,7H2,1-6H3,(H,30,31,32)/b18-13+. The van der Waals surface area contributed by atoms with Crippen LogP contribution in [0.25, 0.3) is 27.7 Å². The molecule has 0 aliphatic carbocycles. The van der Waals surface area contributed by atoms with Crippen molar-refractivity contribution in [3.05, 3.63) is 71.6 Å². The molecule has 2 aromatic carbocycles. The molecule has 1 amide bonds. The van der Waals surface area contributed by atoms with Crippen LogP contribution in [0.2, 0.25) is 0 Å². The van der Waals surface area contributed by atoms with Gasteiger partial charge >= 0.3 is 0 Å². The number of aryl methyl sites for hydroxylation is 2. The van der Waals surface area contributed by atoms with E-state index in [0.717, 1.165) is 44.4 Å². The van der Waals surface area contributed by atoms with Gasteiger partial charge in [0.25, 0.3) is 0 Å². The number of aromatic nitrogens is 1. The maximum absolute atomic E-state index is 12.8. The summed E-state index contributed by atoms with van der Waals surface area (Å²) in [7, 11) is 3.22. The zero-order valence-electron chi connectivity index (χ0n) is 21.4. The van der Waals surface area contributed by atoms with Crippen molar-refractivity contribution < 1.29 is 23.4 Å². The monoisotopic (exact) mass is 486 g/mol. The normalized spacial score (nSPS) is 11.4. The lowest BCUT2D eigenvalue weighted by atomic mass is 9.96. The van der Waals surface area contributed by atoms with Crippen molar-refractivity contribution in [2.75, 3.05) is 26.1 Å². The average Bonchev–Trinajstić information content (AvgIpc) is 3.30. The van der Waals surface area contributed by atoms with Crippen LogP contribution < -0.4 is 19.5 Å². The maximum atomic E-state index is 12.8. The molecule has 0 saturated carbocycles. The molecule has 2 aromatic heterocycles. The van der Waals surface area contributed by atoms with Crippen LogP contribution in [0.4, 0.5) is 5.82 Å². The van der Waals surface area contributed by atoms with Gasteiger partial charge in [-0.2, -0.15) is 0 Å². The number of ether oxygens (including phenoxy) is 3. The molecular formula is C29H30N2O5. The van der Waals surface area contributed by atoms with Gasteiger partial charge in [-0.3, -0.25) is 4.79 Å². The van der Waals surface area contributed by atoms with Gasteiger partial charge in [0.15, 0.2) is 11.5 Å². The molecule has 7 heteroatoms. The molecule has 186 valence electrons. The SMILES string of the molecule is CCOc1c(/C(C)=C/C(=O)Nc2ncccc2C)cc2c(-c3ccc(OC)c(OC)c3)coc2c1C. The summed E-state index contributed by atoms with van der Waals surface area (Å²) >= 11 is 0. The fourth-order valence-electron chi connectivity index (χ4n) is 4.21. The van der Waals surface area contributed by atoms with Crippen LogP contribution in [0.15, 0.2) is 59.4 Å². The molecule has 0 aliphatic rings. The molecular weight excluding hydrogens is 456 g/mol. The first-order valence-corrected chi connectivity index (χ1v) is 11.7. The molecule has 4 aromatic rings. The van der Waals surface area contributed by atoms with Gasteiger partial charge in [-0.1, -0.05) is 12.1 Å². The summed E-state index contributed by atoms with van der Waals surface area (Å²) < 4.78 is 22.9. The summed E-state index contributed by atoms with van der Waals surface area (Å²) in [6.45, 7) is 8.17. The van der Waals surface area contributed by atoms with Gasteiger partial charge in [0.05, 0.1) is 27.1 Å². The minimum absolute atomic E-state index is 0.262. The van der Waals surface area contributed by atoms with Gasteiger partial charge < -0.3 is 23.9 Å². The molecule has 36 heavy (non-hydrogen) atoms. The van der Waals surface area contributed by atoms with Crippen LogP contribution in [0.5, 0.6) is 17.2 Å². The number of carbonyl (C=O) groups is 1. The minimum atomic E-state index is -0.262. The molecule has 2 heterocycles. The Morgan fingerprint density at radius 1 is 1.11 bits per heavy atom. The highest BCUT2D eigenvalue weighted by Gasteiger charge is 2.20. The number of amides is 1. The number of rotatable bonds is 8. The first-order chi connectivity index (χ1) is 17.4. The molecule has 0 bridgehead atoms. The van der Waals surface area contributed by atoms with E-state index in [1.165, 1.54) is 0 Å². The van der Waals surface area contributed by atoms with Crippen LogP contribution in [0.1, 0.15) is 30.5 Å². The smallest absolute Gasteiger partial charge is 0.249 e. The summed E-state index contributed by atoms with van der Waals surface area (Å²) in [6.07, 6.45) is 4.94. The Morgan fingerprint density at radius 2 is 1.89 bits per heavy atom. The molecule has 7 nitrogen and oxygen atoms in total. The molecule has 0 unspecified atom stereocenters. The number of pyridine rings is 1. The Morgan fingerprint density at radius 3 is 2.58 bits per heavy atom. The predicted octanol–water partition coefficient (Wildman–Crippen LogP) is 6.57. The minimum Gasteiger partial charge on any atom is -0.493 e. The first kappa shape index (κ1) is 24.9. The van der Waals surface area contributed by atoms with Gasteiger partial charge in [-0.15, -0.1) is 0 Å². The van der Waals surface area contributed by atoms with Crippen molar-refractivity contribution in [1.29, 1.82) is 0 Å². The lowest BCUT2D eigenvalue weighted by Gasteiger charge is -2.15. The van der Waals surface area contributed by atoms with Gasteiger partial charge in [0, 0.05) is 34.3 Å². The Hall–Kier alpha value is -4.26. The number of nitrogens with zero attached hydrogens (tertiary/aromatic N) is 1. The molecule has 0 saturated heterocycles. The van der Waals surface area contributed by atoms with Crippen LogP contribution in [-0.2, 0) is 4.79 Å². The van der Waals surface area contributed by atoms with Crippen molar-refractivity contribution in [1.82, 2.24) is 4.98 Å². The summed E-state index contributed by atoms with van der Waals surface area (Å²) in [4.78, 5) is 17.1. The van der Waals surface area contributed by atoms with E-state index >= 15 is 0 Å². The second-order valence-corrected chi connectivity index (χ2v) is 8.39. The highest BCUT2D eigenvalue weighted by Crippen LogP contribution is 2.42. The van der Waals surface area contributed by atoms with E-state index in [4.69, 9.17) is 18.6 Å². The predicted molar refractivity (Wildman–Crippen MR) is 142 cm³/mol. The molecule has 0 aliphatic heterocycles. The summed E-state index contributed by atoms with van der Waals surface area (Å²) in [5.41, 5.74) is 5.89. The number of furan rings is 1. The number of fused-ring (bicyclic) bond motifs is 1. The second-order valence-electron chi connectivity index (χ2n) is 8.39. The Kier molecular flexibility index (Phi) is 7.29. The molecule has 0 spiro atoms. The average molecular weight is 487 g/mol. The van der Waals surface area contributed by atoms with Crippen molar-refractivity contribution in [3.8, 4) is 28.4 Å². The molecule has 1 N–H and O–H groups in total. The summed E-state index contributed by atoms with van der Waals surface area (Å²) in [6, 6.07) is 11.5.